The first-order chi connectivity index (χ1) is 7.18. The fourth-order valence-corrected chi connectivity index (χ4v) is 1.06. The summed E-state index contributed by atoms with van der Waals surface area (Å²) >= 11 is 0. The molecular weight excluding hydrogens is 192 g/mol. The van der Waals surface area contributed by atoms with Crippen LogP contribution in [0.2, 0.25) is 0 Å². The smallest absolute Gasteiger partial charge is 0.225 e. The highest BCUT2D eigenvalue weighted by molar-refractivity contribution is 5.90. The first-order valence-electron chi connectivity index (χ1n) is 4.96. The van der Waals surface area contributed by atoms with E-state index in [2.05, 4.69) is 20.6 Å². The van der Waals surface area contributed by atoms with Crippen LogP contribution in [0, 0.1) is 0 Å². The summed E-state index contributed by atoms with van der Waals surface area (Å²) in [5, 5.41) is 5.88. The number of hydrogen-bond acceptors (Lipinski definition) is 4. The molecule has 5 heteroatoms. The number of amides is 1. The molecule has 5 nitrogen and oxygen atoms in total. The Morgan fingerprint density at radius 3 is 2.67 bits per heavy atom. The van der Waals surface area contributed by atoms with Gasteiger partial charge < -0.3 is 10.6 Å². The standard InChI is InChI=1S/C10H16N4O/c1-8(2)13-4-3-10(15)14-9-5-11-7-12-6-9/h5-8,13H,3-4H2,1-2H3,(H,14,15). The van der Waals surface area contributed by atoms with Crippen LogP contribution in [-0.4, -0.2) is 28.5 Å². The molecule has 0 aliphatic heterocycles. The topological polar surface area (TPSA) is 66.9 Å². The fraction of sp³-hybridized carbons (Fsp3) is 0.500. The lowest BCUT2D eigenvalue weighted by atomic mass is 10.3. The predicted octanol–water partition coefficient (Wildman–Crippen LogP) is 0.803. The van der Waals surface area contributed by atoms with Gasteiger partial charge in [0, 0.05) is 19.0 Å². The molecule has 1 heterocycles. The minimum absolute atomic E-state index is 0.0297. The molecule has 0 spiro atoms. The highest BCUT2D eigenvalue weighted by Crippen LogP contribution is 2.00. The average Bonchev–Trinajstić information content (AvgIpc) is 2.18. The summed E-state index contributed by atoms with van der Waals surface area (Å²) in [7, 11) is 0. The number of nitrogens with zero attached hydrogens (tertiary/aromatic N) is 2. The van der Waals surface area contributed by atoms with Crippen molar-refractivity contribution in [2.45, 2.75) is 26.3 Å². The van der Waals surface area contributed by atoms with E-state index in [9.17, 15) is 4.79 Å². The molecular formula is C10H16N4O. The summed E-state index contributed by atoms with van der Waals surface area (Å²) in [5.74, 6) is -0.0297. The molecule has 82 valence electrons. The van der Waals surface area contributed by atoms with Crippen molar-refractivity contribution >= 4 is 11.6 Å². The Hall–Kier alpha value is -1.49. The van der Waals surface area contributed by atoms with E-state index >= 15 is 0 Å². The summed E-state index contributed by atoms with van der Waals surface area (Å²) in [4.78, 5) is 19.0. The van der Waals surface area contributed by atoms with Gasteiger partial charge in [0.05, 0.1) is 18.1 Å². The Labute approximate surface area is 89.3 Å². The third-order valence-corrected chi connectivity index (χ3v) is 1.75. The van der Waals surface area contributed by atoms with Crippen molar-refractivity contribution in [2.75, 3.05) is 11.9 Å². The van der Waals surface area contributed by atoms with Crippen LogP contribution in [0.4, 0.5) is 5.69 Å². The highest BCUT2D eigenvalue weighted by atomic mass is 16.1. The number of carbonyl (C=O) groups is 1. The van der Waals surface area contributed by atoms with Crippen LogP contribution in [-0.2, 0) is 4.79 Å². The molecule has 0 unspecified atom stereocenters. The second-order valence-electron chi connectivity index (χ2n) is 3.53. The van der Waals surface area contributed by atoms with Gasteiger partial charge in [-0.3, -0.25) is 4.79 Å². The fourth-order valence-electron chi connectivity index (χ4n) is 1.06. The zero-order chi connectivity index (χ0) is 11.1. The average molecular weight is 208 g/mol. The summed E-state index contributed by atoms with van der Waals surface area (Å²) in [6, 6.07) is 0.401. The van der Waals surface area contributed by atoms with Crippen molar-refractivity contribution in [1.29, 1.82) is 0 Å². The maximum absolute atomic E-state index is 11.4. The van der Waals surface area contributed by atoms with Gasteiger partial charge >= 0.3 is 0 Å². The number of nitrogens with one attached hydrogen (secondary N) is 2. The molecule has 0 aliphatic rings. The molecule has 1 amide bonds. The van der Waals surface area contributed by atoms with Gasteiger partial charge in [-0.05, 0) is 0 Å². The van der Waals surface area contributed by atoms with E-state index in [0.717, 1.165) is 0 Å². The monoisotopic (exact) mass is 208 g/mol. The molecule has 0 aromatic carbocycles. The van der Waals surface area contributed by atoms with Crippen molar-refractivity contribution in [3.05, 3.63) is 18.7 Å². The van der Waals surface area contributed by atoms with E-state index in [1.165, 1.54) is 6.33 Å². The van der Waals surface area contributed by atoms with Gasteiger partial charge in [0.15, 0.2) is 0 Å². The Bertz CT molecular complexity index is 300. The van der Waals surface area contributed by atoms with Gasteiger partial charge in [0.25, 0.3) is 0 Å². The van der Waals surface area contributed by atoms with Crippen LogP contribution < -0.4 is 10.6 Å². The first-order valence-corrected chi connectivity index (χ1v) is 4.96. The third-order valence-electron chi connectivity index (χ3n) is 1.75. The molecule has 2 N–H and O–H groups in total. The van der Waals surface area contributed by atoms with Gasteiger partial charge in [-0.15, -0.1) is 0 Å². The lowest BCUT2D eigenvalue weighted by Gasteiger charge is -2.07. The summed E-state index contributed by atoms with van der Waals surface area (Å²) in [6.07, 6.45) is 5.02. The van der Waals surface area contributed by atoms with Crippen molar-refractivity contribution in [3.8, 4) is 0 Å². The second kappa shape index (κ2) is 6.08. The molecule has 15 heavy (non-hydrogen) atoms. The van der Waals surface area contributed by atoms with Crippen LogP contribution in [0.15, 0.2) is 18.7 Å². The van der Waals surface area contributed by atoms with Gasteiger partial charge in [0.2, 0.25) is 5.91 Å². The van der Waals surface area contributed by atoms with Crippen molar-refractivity contribution in [2.24, 2.45) is 0 Å². The molecule has 1 aromatic rings. The van der Waals surface area contributed by atoms with Gasteiger partial charge in [0.1, 0.15) is 6.33 Å². The van der Waals surface area contributed by atoms with Crippen LogP contribution in [0.1, 0.15) is 20.3 Å². The third kappa shape index (κ3) is 5.07. The maximum atomic E-state index is 11.4. The molecule has 0 fully saturated rings. The van der Waals surface area contributed by atoms with Crippen molar-refractivity contribution in [3.63, 3.8) is 0 Å². The molecule has 0 radical (unpaired) electrons. The molecule has 1 aromatic heterocycles. The zero-order valence-electron chi connectivity index (χ0n) is 9.03. The van der Waals surface area contributed by atoms with E-state index < -0.39 is 0 Å². The van der Waals surface area contributed by atoms with Gasteiger partial charge in [-0.1, -0.05) is 13.8 Å². The Morgan fingerprint density at radius 2 is 2.07 bits per heavy atom. The van der Waals surface area contributed by atoms with Crippen LogP contribution in [0.3, 0.4) is 0 Å². The first kappa shape index (κ1) is 11.6. The van der Waals surface area contributed by atoms with Crippen LogP contribution in [0.5, 0.6) is 0 Å². The second-order valence-corrected chi connectivity index (χ2v) is 3.53. The van der Waals surface area contributed by atoms with E-state index in [1.54, 1.807) is 12.4 Å². The minimum atomic E-state index is -0.0297. The summed E-state index contributed by atoms with van der Waals surface area (Å²) in [6.45, 7) is 4.77. The highest BCUT2D eigenvalue weighted by Gasteiger charge is 2.02. The lowest BCUT2D eigenvalue weighted by Crippen LogP contribution is -2.27. The number of aromatic nitrogens is 2. The number of carbonyl (C=O) groups excluding carboxylic acids is 1. The van der Waals surface area contributed by atoms with E-state index in [-0.39, 0.29) is 5.91 Å². The maximum Gasteiger partial charge on any atom is 0.225 e. The number of rotatable bonds is 5. The minimum Gasteiger partial charge on any atom is -0.323 e. The Morgan fingerprint density at radius 1 is 1.40 bits per heavy atom. The van der Waals surface area contributed by atoms with Gasteiger partial charge in [-0.25, -0.2) is 9.97 Å². The van der Waals surface area contributed by atoms with Crippen LogP contribution in [0.25, 0.3) is 0 Å². The molecule has 0 atom stereocenters. The molecule has 1 rings (SSSR count). The Balaban J connectivity index is 2.25. The number of hydrogen-bond donors (Lipinski definition) is 2. The van der Waals surface area contributed by atoms with Gasteiger partial charge in [-0.2, -0.15) is 0 Å². The van der Waals surface area contributed by atoms with E-state index in [4.69, 9.17) is 0 Å². The van der Waals surface area contributed by atoms with Crippen LogP contribution >= 0.6 is 0 Å². The lowest BCUT2D eigenvalue weighted by molar-refractivity contribution is -0.116. The SMILES string of the molecule is CC(C)NCCC(=O)Nc1cncnc1. The largest absolute Gasteiger partial charge is 0.323 e. The number of anilines is 1. The predicted molar refractivity (Wildman–Crippen MR) is 58.4 cm³/mol. The summed E-state index contributed by atoms with van der Waals surface area (Å²) < 4.78 is 0. The summed E-state index contributed by atoms with van der Waals surface area (Å²) in [5.41, 5.74) is 0.632. The van der Waals surface area contributed by atoms with Crippen molar-refractivity contribution in [1.82, 2.24) is 15.3 Å². The molecule has 0 aliphatic carbocycles. The molecule has 0 bridgehead atoms. The zero-order valence-corrected chi connectivity index (χ0v) is 9.03. The van der Waals surface area contributed by atoms with Crippen molar-refractivity contribution < 1.29 is 4.79 Å². The molecule has 0 saturated carbocycles. The normalized spacial score (nSPS) is 10.3. The van der Waals surface area contributed by atoms with E-state index in [0.29, 0.717) is 24.7 Å². The molecule has 0 saturated heterocycles. The quantitative estimate of drug-likeness (QED) is 0.751. The Kier molecular flexibility index (Phi) is 4.70. The van der Waals surface area contributed by atoms with E-state index in [1.807, 2.05) is 13.8 Å².